The summed E-state index contributed by atoms with van der Waals surface area (Å²) in [5.41, 5.74) is 4.95. The van der Waals surface area contributed by atoms with Crippen LogP contribution in [0.1, 0.15) is 0 Å². The molecule has 0 fully saturated rings. The van der Waals surface area contributed by atoms with Crippen molar-refractivity contribution >= 4 is 11.8 Å². The van der Waals surface area contributed by atoms with Gasteiger partial charge in [-0.25, -0.2) is 4.79 Å². The molecule has 6 nitrogen and oxygen atoms in total. The van der Waals surface area contributed by atoms with Gasteiger partial charge in [-0.15, -0.1) is 0 Å². The Morgan fingerprint density at radius 1 is 1.58 bits per heavy atom. The number of ether oxygens (including phenoxy) is 1. The number of hydrogen-bond donors (Lipinski definition) is 3. The van der Waals surface area contributed by atoms with Crippen molar-refractivity contribution in [3.05, 3.63) is 11.5 Å². The van der Waals surface area contributed by atoms with Crippen LogP contribution in [0.4, 0.5) is 0 Å². The third-order valence-electron chi connectivity index (χ3n) is 1.40. The van der Waals surface area contributed by atoms with Crippen LogP contribution < -0.4 is 5.73 Å². The van der Waals surface area contributed by atoms with E-state index in [2.05, 4.69) is 4.74 Å². The molecular formula is C6H7NO5. The molecule has 1 aliphatic rings. The number of hydrogen-bond acceptors (Lipinski definition) is 6. The van der Waals surface area contributed by atoms with Crippen LogP contribution in [0.5, 0.6) is 0 Å². The minimum absolute atomic E-state index is 0.366. The predicted octanol–water partition coefficient (Wildman–Crippen LogP) is -1.23. The molecule has 0 radical (unpaired) electrons. The summed E-state index contributed by atoms with van der Waals surface area (Å²) in [5.74, 6) is -3.47. The molecule has 1 rings (SSSR count). The monoisotopic (exact) mass is 173 g/mol. The molecule has 6 heteroatoms. The molecule has 1 aliphatic heterocycles. The molecule has 0 bridgehead atoms. The number of esters is 1. The predicted molar refractivity (Wildman–Crippen MR) is 36.2 cm³/mol. The number of ketones is 1. The Balaban J connectivity index is 2.87. The van der Waals surface area contributed by atoms with E-state index in [-0.39, 0.29) is 6.54 Å². The lowest BCUT2D eigenvalue weighted by Crippen LogP contribution is -2.30. The maximum Gasteiger partial charge on any atom is 0.378 e. The molecule has 1 heterocycles. The molecule has 1 unspecified atom stereocenters. The number of carbonyl (C=O) groups excluding carboxylic acids is 2. The number of cyclic esters (lactones) is 1. The molecule has 66 valence electrons. The topological polar surface area (TPSA) is 110 Å². The fraction of sp³-hybridized carbons (Fsp3) is 0.333. The average Bonchev–Trinajstić information content (AvgIpc) is 2.32. The number of aliphatic hydroxyl groups excluding tert-OH is 2. The van der Waals surface area contributed by atoms with Crippen LogP contribution >= 0.6 is 0 Å². The van der Waals surface area contributed by atoms with Crippen molar-refractivity contribution in [2.45, 2.75) is 6.10 Å². The van der Waals surface area contributed by atoms with E-state index in [4.69, 9.17) is 15.9 Å². The standard InChI is InChI=1S/C6H7NO5/c7-1-2(8)5-3(9)4(10)6(11)12-5/h5,9-10H,1,7H2. The number of aliphatic hydroxyl groups is 2. The van der Waals surface area contributed by atoms with Crippen molar-refractivity contribution in [2.75, 3.05) is 6.54 Å². The van der Waals surface area contributed by atoms with Crippen LogP contribution in [-0.4, -0.2) is 34.6 Å². The Morgan fingerprint density at radius 3 is 2.50 bits per heavy atom. The maximum atomic E-state index is 10.8. The summed E-state index contributed by atoms with van der Waals surface area (Å²) in [6.45, 7) is -0.366. The van der Waals surface area contributed by atoms with Crippen LogP contribution in [0.3, 0.4) is 0 Å². The Morgan fingerprint density at radius 2 is 2.17 bits per heavy atom. The lowest BCUT2D eigenvalue weighted by atomic mass is 10.2. The van der Waals surface area contributed by atoms with Crippen molar-refractivity contribution in [2.24, 2.45) is 5.73 Å². The highest BCUT2D eigenvalue weighted by atomic mass is 16.6. The summed E-state index contributed by atoms with van der Waals surface area (Å²) in [6.07, 6.45) is -1.43. The van der Waals surface area contributed by atoms with Crippen molar-refractivity contribution in [3.8, 4) is 0 Å². The van der Waals surface area contributed by atoms with E-state index in [1.165, 1.54) is 0 Å². The third kappa shape index (κ3) is 1.12. The number of Topliss-reactive ketones (excluding diaryl/α,β-unsaturated/α-hetero) is 1. The first kappa shape index (κ1) is 8.54. The zero-order valence-corrected chi connectivity index (χ0v) is 5.98. The second-order valence-electron chi connectivity index (χ2n) is 2.19. The van der Waals surface area contributed by atoms with Gasteiger partial charge in [0, 0.05) is 0 Å². The van der Waals surface area contributed by atoms with E-state index < -0.39 is 29.4 Å². The summed E-state index contributed by atoms with van der Waals surface area (Å²) in [5, 5.41) is 17.7. The Bertz CT molecular complexity index is 269. The second-order valence-corrected chi connectivity index (χ2v) is 2.19. The summed E-state index contributed by atoms with van der Waals surface area (Å²) >= 11 is 0. The van der Waals surface area contributed by atoms with E-state index in [0.29, 0.717) is 0 Å². The minimum atomic E-state index is -1.43. The highest BCUT2D eigenvalue weighted by Gasteiger charge is 2.38. The third-order valence-corrected chi connectivity index (χ3v) is 1.40. The zero-order chi connectivity index (χ0) is 9.30. The molecule has 1 atom stereocenters. The van der Waals surface area contributed by atoms with Gasteiger partial charge in [-0.05, 0) is 0 Å². The number of rotatable bonds is 2. The number of nitrogens with two attached hydrogens (primary N) is 1. The lowest BCUT2D eigenvalue weighted by Gasteiger charge is -2.05. The minimum Gasteiger partial charge on any atom is -0.505 e. The molecule has 0 saturated heterocycles. The first-order valence-corrected chi connectivity index (χ1v) is 3.13. The van der Waals surface area contributed by atoms with E-state index in [1.54, 1.807) is 0 Å². The smallest absolute Gasteiger partial charge is 0.378 e. The van der Waals surface area contributed by atoms with E-state index in [1.807, 2.05) is 0 Å². The van der Waals surface area contributed by atoms with Gasteiger partial charge in [0.05, 0.1) is 6.54 Å². The largest absolute Gasteiger partial charge is 0.505 e. The Hall–Kier alpha value is -1.56. The van der Waals surface area contributed by atoms with Gasteiger partial charge in [0.2, 0.25) is 11.9 Å². The molecule has 4 N–H and O–H groups in total. The lowest BCUT2D eigenvalue weighted by molar-refractivity contribution is -0.147. The molecular weight excluding hydrogens is 166 g/mol. The summed E-state index contributed by atoms with van der Waals surface area (Å²) in [7, 11) is 0. The number of carbonyl (C=O) groups is 2. The molecule has 0 aliphatic carbocycles. The van der Waals surface area contributed by atoms with Crippen molar-refractivity contribution < 1.29 is 24.5 Å². The van der Waals surface area contributed by atoms with Gasteiger partial charge in [-0.3, -0.25) is 4.79 Å². The van der Waals surface area contributed by atoms with Crippen LogP contribution in [0, 0.1) is 0 Å². The van der Waals surface area contributed by atoms with Gasteiger partial charge in [0.25, 0.3) is 0 Å². The summed E-state index contributed by atoms with van der Waals surface area (Å²) in [4.78, 5) is 21.3. The molecule has 0 aromatic rings. The normalized spacial score (nSPS) is 22.8. The zero-order valence-electron chi connectivity index (χ0n) is 5.98. The summed E-state index contributed by atoms with van der Waals surface area (Å²) < 4.78 is 4.30. The van der Waals surface area contributed by atoms with Gasteiger partial charge in [-0.1, -0.05) is 0 Å². The molecule has 0 amide bonds. The first-order valence-electron chi connectivity index (χ1n) is 3.13. The van der Waals surface area contributed by atoms with Crippen molar-refractivity contribution in [3.63, 3.8) is 0 Å². The van der Waals surface area contributed by atoms with Crippen molar-refractivity contribution in [1.29, 1.82) is 0 Å². The SMILES string of the molecule is NCC(=O)C1OC(=O)C(O)=C1O. The highest BCUT2D eigenvalue weighted by Crippen LogP contribution is 2.18. The molecule has 12 heavy (non-hydrogen) atoms. The van der Waals surface area contributed by atoms with Crippen LogP contribution in [0.2, 0.25) is 0 Å². The second kappa shape index (κ2) is 2.82. The van der Waals surface area contributed by atoms with Crippen LogP contribution in [0.15, 0.2) is 11.5 Å². The van der Waals surface area contributed by atoms with Gasteiger partial charge < -0.3 is 20.7 Å². The molecule has 0 spiro atoms. The molecule has 0 saturated carbocycles. The van der Waals surface area contributed by atoms with E-state index in [9.17, 15) is 9.59 Å². The van der Waals surface area contributed by atoms with Crippen LogP contribution in [-0.2, 0) is 14.3 Å². The van der Waals surface area contributed by atoms with Gasteiger partial charge >= 0.3 is 5.97 Å². The fourth-order valence-electron chi connectivity index (χ4n) is 0.773. The van der Waals surface area contributed by atoms with Crippen LogP contribution in [0.25, 0.3) is 0 Å². The van der Waals surface area contributed by atoms with Gasteiger partial charge in [-0.2, -0.15) is 0 Å². The highest BCUT2D eigenvalue weighted by molar-refractivity contribution is 5.97. The fourth-order valence-corrected chi connectivity index (χ4v) is 0.773. The van der Waals surface area contributed by atoms with E-state index in [0.717, 1.165) is 0 Å². The molecule has 0 aromatic heterocycles. The van der Waals surface area contributed by atoms with Gasteiger partial charge in [0.1, 0.15) is 0 Å². The van der Waals surface area contributed by atoms with Gasteiger partial charge in [0.15, 0.2) is 11.5 Å². The van der Waals surface area contributed by atoms with E-state index >= 15 is 0 Å². The maximum absolute atomic E-state index is 10.8. The Kier molecular flexibility index (Phi) is 2.01. The van der Waals surface area contributed by atoms with Crippen molar-refractivity contribution in [1.82, 2.24) is 0 Å². The summed E-state index contributed by atoms with van der Waals surface area (Å²) in [6, 6.07) is 0. The Labute approximate surface area is 67.2 Å². The quantitative estimate of drug-likeness (QED) is 0.451. The first-order chi connectivity index (χ1) is 5.57. The average molecular weight is 173 g/mol. The molecule has 0 aromatic carbocycles.